The number of carboxylic acids is 1. The third-order valence-corrected chi connectivity index (χ3v) is 5.00. The normalized spacial score (nSPS) is 18.9. The summed E-state index contributed by atoms with van der Waals surface area (Å²) in [5.41, 5.74) is 1.07. The molecule has 7 heteroatoms. The summed E-state index contributed by atoms with van der Waals surface area (Å²) < 4.78 is 32.7. The molecule has 1 heterocycles. The summed E-state index contributed by atoms with van der Waals surface area (Å²) in [6.07, 6.45) is 3.86. The molecule has 0 aromatic heterocycles. The van der Waals surface area contributed by atoms with Crippen LogP contribution in [-0.4, -0.2) is 33.6 Å². The molecule has 1 aliphatic heterocycles. The summed E-state index contributed by atoms with van der Waals surface area (Å²) >= 11 is 0. The van der Waals surface area contributed by atoms with Crippen LogP contribution in [0, 0.1) is 6.92 Å². The lowest BCUT2D eigenvalue weighted by atomic mass is 10.1. The number of carboxylic acid groups (broad SMARTS) is 1. The Labute approximate surface area is 129 Å². The van der Waals surface area contributed by atoms with Crippen molar-refractivity contribution in [1.29, 1.82) is 0 Å². The van der Waals surface area contributed by atoms with Crippen LogP contribution in [0.15, 0.2) is 29.2 Å². The fraction of sp³-hybridized carbons (Fsp3) is 0.400. The Bertz CT molecular complexity index is 675. The van der Waals surface area contributed by atoms with Crippen LogP contribution in [0.25, 0.3) is 6.08 Å². The largest absolute Gasteiger partial charge is 0.545 e. The number of hydrogen-bond donors (Lipinski definition) is 1. The van der Waals surface area contributed by atoms with Crippen molar-refractivity contribution in [3.63, 3.8) is 0 Å². The topological polar surface area (TPSA) is 95.5 Å². The Kier molecular flexibility index (Phi) is 5.33. The van der Waals surface area contributed by atoms with Crippen molar-refractivity contribution in [2.24, 2.45) is 0 Å². The minimum atomic E-state index is -3.67. The van der Waals surface area contributed by atoms with E-state index < -0.39 is 16.0 Å². The fourth-order valence-corrected chi connectivity index (χ4v) is 3.60. The summed E-state index contributed by atoms with van der Waals surface area (Å²) in [4.78, 5) is 10.6. The molecule has 2 rings (SSSR count). The zero-order valence-electron chi connectivity index (χ0n) is 12.2. The molecule has 0 spiro atoms. The maximum absolute atomic E-state index is 12.4. The number of aryl methyl sites for hydroxylation is 1. The molecule has 1 aromatic carbocycles. The molecule has 6 nitrogen and oxygen atoms in total. The van der Waals surface area contributed by atoms with Crippen LogP contribution in [0.1, 0.15) is 24.0 Å². The zero-order chi connectivity index (χ0) is 16.2. The van der Waals surface area contributed by atoms with Gasteiger partial charge in [-0.15, -0.1) is 0 Å². The van der Waals surface area contributed by atoms with Gasteiger partial charge in [-0.25, -0.2) is 13.1 Å². The van der Waals surface area contributed by atoms with Gasteiger partial charge in [0.25, 0.3) is 0 Å². The molecule has 0 aliphatic carbocycles. The maximum Gasteiger partial charge on any atom is 0.240 e. The summed E-state index contributed by atoms with van der Waals surface area (Å²) in [5.74, 6) is -1.33. The number of rotatable bonds is 6. The Hall–Kier alpha value is -1.70. The summed E-state index contributed by atoms with van der Waals surface area (Å²) in [6.45, 7) is 2.59. The van der Waals surface area contributed by atoms with Gasteiger partial charge in [0.2, 0.25) is 10.0 Å². The first kappa shape index (κ1) is 16.7. The number of aliphatic carboxylic acids is 1. The van der Waals surface area contributed by atoms with Gasteiger partial charge in [-0.1, -0.05) is 18.2 Å². The van der Waals surface area contributed by atoms with Gasteiger partial charge in [-0.05, 0) is 43.0 Å². The van der Waals surface area contributed by atoms with E-state index in [1.165, 1.54) is 12.1 Å². The van der Waals surface area contributed by atoms with E-state index in [1.807, 2.05) is 0 Å². The van der Waals surface area contributed by atoms with Crippen molar-refractivity contribution in [1.82, 2.24) is 4.72 Å². The molecular weight excluding hydrogens is 306 g/mol. The number of benzene rings is 1. The molecule has 0 radical (unpaired) electrons. The van der Waals surface area contributed by atoms with Gasteiger partial charge in [0.15, 0.2) is 0 Å². The van der Waals surface area contributed by atoms with Crippen molar-refractivity contribution in [2.45, 2.75) is 30.8 Å². The van der Waals surface area contributed by atoms with Gasteiger partial charge in [0.05, 0.1) is 17.0 Å². The average Bonchev–Trinajstić information content (AvgIpc) is 2.97. The minimum Gasteiger partial charge on any atom is -0.545 e. The van der Waals surface area contributed by atoms with Crippen molar-refractivity contribution >= 4 is 22.1 Å². The first-order valence-electron chi connectivity index (χ1n) is 6.99. The Balaban J connectivity index is 2.17. The van der Waals surface area contributed by atoms with Gasteiger partial charge < -0.3 is 14.6 Å². The highest BCUT2D eigenvalue weighted by atomic mass is 32.2. The third-order valence-electron chi connectivity index (χ3n) is 3.44. The van der Waals surface area contributed by atoms with Crippen LogP contribution in [0.3, 0.4) is 0 Å². The number of carbonyl (C=O) groups excluding carboxylic acids is 1. The van der Waals surface area contributed by atoms with Crippen molar-refractivity contribution in [3.05, 3.63) is 35.4 Å². The van der Waals surface area contributed by atoms with E-state index in [-0.39, 0.29) is 17.5 Å². The number of hydrogen-bond acceptors (Lipinski definition) is 5. The highest BCUT2D eigenvalue weighted by Gasteiger charge is 2.21. The summed E-state index contributed by atoms with van der Waals surface area (Å²) in [7, 11) is -3.67. The molecule has 1 aromatic rings. The van der Waals surface area contributed by atoms with Crippen LogP contribution in [0.2, 0.25) is 0 Å². The van der Waals surface area contributed by atoms with E-state index in [9.17, 15) is 18.3 Å². The monoisotopic (exact) mass is 324 g/mol. The van der Waals surface area contributed by atoms with Crippen molar-refractivity contribution in [3.8, 4) is 0 Å². The summed E-state index contributed by atoms with van der Waals surface area (Å²) in [5, 5.41) is 10.4. The van der Waals surface area contributed by atoms with Gasteiger partial charge in [-0.3, -0.25) is 0 Å². The predicted octanol–water partition coefficient (Wildman–Crippen LogP) is 0.215. The first-order valence-corrected chi connectivity index (χ1v) is 8.48. The molecule has 1 atom stereocenters. The SMILES string of the molecule is Cc1ccc(C=CC(=O)[O-])cc1S(=O)(=O)NCC1CCCO1. The van der Waals surface area contributed by atoms with Gasteiger partial charge in [-0.2, -0.15) is 0 Å². The molecule has 120 valence electrons. The second kappa shape index (κ2) is 7.04. The molecule has 1 saturated heterocycles. The Morgan fingerprint density at radius 2 is 2.27 bits per heavy atom. The molecular formula is C15H18NO5S-. The van der Waals surface area contributed by atoms with Gasteiger partial charge >= 0.3 is 0 Å². The lowest BCUT2D eigenvalue weighted by molar-refractivity contribution is -0.297. The van der Waals surface area contributed by atoms with Crippen LogP contribution >= 0.6 is 0 Å². The molecule has 1 aliphatic rings. The summed E-state index contributed by atoms with van der Waals surface area (Å²) in [6, 6.07) is 4.72. The molecule has 1 unspecified atom stereocenters. The molecule has 22 heavy (non-hydrogen) atoms. The molecule has 1 fully saturated rings. The predicted molar refractivity (Wildman–Crippen MR) is 79.4 cm³/mol. The standard InChI is InChI=1S/C15H19NO5S/c1-11-4-5-12(6-7-15(17)18)9-14(11)22(19,20)16-10-13-3-2-8-21-13/h4-7,9,13,16H,2-3,8,10H2,1H3,(H,17,18)/p-1. The quantitative estimate of drug-likeness (QED) is 0.755. The fourth-order valence-electron chi connectivity index (χ4n) is 2.26. The van der Waals surface area contributed by atoms with E-state index in [4.69, 9.17) is 4.74 Å². The van der Waals surface area contributed by atoms with Crippen LogP contribution in [0.5, 0.6) is 0 Å². The van der Waals surface area contributed by atoms with E-state index >= 15 is 0 Å². The lowest BCUT2D eigenvalue weighted by Crippen LogP contribution is -2.32. The second-order valence-electron chi connectivity index (χ2n) is 5.16. The molecule has 0 bridgehead atoms. The smallest absolute Gasteiger partial charge is 0.240 e. The molecule has 1 N–H and O–H groups in total. The van der Waals surface area contributed by atoms with Gasteiger partial charge in [0.1, 0.15) is 0 Å². The van der Waals surface area contributed by atoms with E-state index in [0.29, 0.717) is 17.7 Å². The van der Waals surface area contributed by atoms with Crippen LogP contribution in [-0.2, 0) is 19.6 Å². The van der Waals surface area contributed by atoms with E-state index in [0.717, 1.165) is 18.9 Å². The number of carbonyl (C=O) groups is 1. The van der Waals surface area contributed by atoms with Crippen LogP contribution in [0.4, 0.5) is 0 Å². The van der Waals surface area contributed by atoms with Gasteiger partial charge in [0, 0.05) is 13.2 Å². The van der Waals surface area contributed by atoms with Crippen LogP contribution < -0.4 is 9.83 Å². The highest BCUT2D eigenvalue weighted by molar-refractivity contribution is 7.89. The Morgan fingerprint density at radius 1 is 1.50 bits per heavy atom. The van der Waals surface area contributed by atoms with E-state index in [1.54, 1.807) is 19.1 Å². The first-order chi connectivity index (χ1) is 10.4. The minimum absolute atomic E-state index is 0.0868. The number of nitrogens with one attached hydrogen (secondary N) is 1. The number of sulfonamides is 1. The third kappa shape index (κ3) is 4.40. The van der Waals surface area contributed by atoms with E-state index in [2.05, 4.69) is 4.72 Å². The maximum atomic E-state index is 12.4. The Morgan fingerprint density at radius 3 is 2.91 bits per heavy atom. The highest BCUT2D eigenvalue weighted by Crippen LogP contribution is 2.19. The van der Waals surface area contributed by atoms with Crippen molar-refractivity contribution in [2.75, 3.05) is 13.2 Å². The second-order valence-corrected chi connectivity index (χ2v) is 6.90. The van der Waals surface area contributed by atoms with Crippen molar-refractivity contribution < 1.29 is 23.1 Å². The number of ether oxygens (including phenoxy) is 1. The molecule has 0 amide bonds. The average molecular weight is 324 g/mol. The lowest BCUT2D eigenvalue weighted by Gasteiger charge is -2.13. The zero-order valence-corrected chi connectivity index (χ0v) is 13.1. The molecule has 0 saturated carbocycles.